The molecular weight excluding hydrogens is 214 g/mol. The number of ether oxygens (including phenoxy) is 1. The molecule has 2 aliphatic rings. The maximum Gasteiger partial charge on any atom is 0.226 e. The van der Waals surface area contributed by atoms with Gasteiger partial charge in [0, 0.05) is 12.5 Å². The van der Waals surface area contributed by atoms with Crippen LogP contribution >= 0.6 is 0 Å². The largest absolute Gasteiger partial charge is 0.375 e. The Balaban J connectivity index is 1.97. The number of hydrogen-bond acceptors (Lipinski definition) is 2. The van der Waals surface area contributed by atoms with Gasteiger partial charge >= 0.3 is 0 Å². The Kier molecular flexibility index (Phi) is 4.43. The molecule has 0 aromatic heterocycles. The van der Waals surface area contributed by atoms with Crippen molar-refractivity contribution in [3.05, 3.63) is 0 Å². The van der Waals surface area contributed by atoms with Gasteiger partial charge in [-0.25, -0.2) is 0 Å². The first-order chi connectivity index (χ1) is 8.20. The summed E-state index contributed by atoms with van der Waals surface area (Å²) in [5.74, 6) is 0.666. The van der Waals surface area contributed by atoms with Crippen LogP contribution in [0.3, 0.4) is 0 Å². The third-order valence-electron chi connectivity index (χ3n) is 4.37. The summed E-state index contributed by atoms with van der Waals surface area (Å²) in [5, 5.41) is 0. The summed E-state index contributed by atoms with van der Waals surface area (Å²) in [6.45, 7) is 5.65. The van der Waals surface area contributed by atoms with Gasteiger partial charge in [-0.1, -0.05) is 25.7 Å². The molecule has 1 saturated carbocycles. The van der Waals surface area contributed by atoms with Gasteiger partial charge in [-0.2, -0.15) is 0 Å². The molecule has 0 spiro atoms. The first kappa shape index (κ1) is 12.9. The summed E-state index contributed by atoms with van der Waals surface area (Å²) in [7, 11) is 0. The predicted molar refractivity (Wildman–Crippen MR) is 67.8 cm³/mol. The minimum Gasteiger partial charge on any atom is -0.375 e. The molecule has 0 aromatic rings. The van der Waals surface area contributed by atoms with Crippen molar-refractivity contribution >= 4 is 5.91 Å². The molecule has 2 rings (SSSR count). The molecule has 2 fully saturated rings. The van der Waals surface area contributed by atoms with Crippen LogP contribution in [-0.4, -0.2) is 36.1 Å². The minimum atomic E-state index is 0.179. The first-order valence-electron chi connectivity index (χ1n) is 7.12. The average Bonchev–Trinajstić information content (AvgIpc) is 2.60. The van der Waals surface area contributed by atoms with Gasteiger partial charge in [0.1, 0.15) is 0 Å². The number of nitrogens with zero attached hydrogens (tertiary/aromatic N) is 1. The van der Waals surface area contributed by atoms with Crippen molar-refractivity contribution in [3.8, 4) is 0 Å². The van der Waals surface area contributed by atoms with Crippen molar-refractivity contribution in [2.45, 2.75) is 64.5 Å². The lowest BCUT2D eigenvalue weighted by molar-refractivity contribution is -0.148. The Labute approximate surface area is 105 Å². The Morgan fingerprint density at radius 1 is 1.12 bits per heavy atom. The van der Waals surface area contributed by atoms with Crippen LogP contribution in [0.1, 0.15) is 52.4 Å². The summed E-state index contributed by atoms with van der Waals surface area (Å²) < 4.78 is 5.59. The number of amides is 1. The summed E-state index contributed by atoms with van der Waals surface area (Å²) >= 11 is 0. The Morgan fingerprint density at radius 3 is 2.41 bits per heavy atom. The van der Waals surface area contributed by atoms with Crippen LogP contribution in [0.25, 0.3) is 0 Å². The lowest BCUT2D eigenvalue weighted by Gasteiger charge is -2.39. The van der Waals surface area contributed by atoms with Gasteiger partial charge in [-0.05, 0) is 26.7 Å². The maximum atomic E-state index is 12.5. The van der Waals surface area contributed by atoms with E-state index in [4.69, 9.17) is 4.74 Å². The second-order valence-corrected chi connectivity index (χ2v) is 5.54. The molecule has 1 saturated heterocycles. The zero-order chi connectivity index (χ0) is 12.3. The molecule has 3 nitrogen and oxygen atoms in total. The number of hydrogen-bond donors (Lipinski definition) is 0. The molecular formula is C14H25NO2. The van der Waals surface area contributed by atoms with Crippen molar-refractivity contribution in [1.82, 2.24) is 4.90 Å². The van der Waals surface area contributed by atoms with E-state index in [1.807, 2.05) is 0 Å². The third-order valence-corrected chi connectivity index (χ3v) is 4.37. The van der Waals surface area contributed by atoms with E-state index in [1.54, 1.807) is 0 Å². The van der Waals surface area contributed by atoms with E-state index in [2.05, 4.69) is 18.7 Å². The van der Waals surface area contributed by atoms with E-state index in [0.29, 0.717) is 12.5 Å². The number of rotatable bonds is 1. The van der Waals surface area contributed by atoms with E-state index >= 15 is 0 Å². The summed E-state index contributed by atoms with van der Waals surface area (Å²) in [6.07, 6.45) is 7.43. The molecule has 0 bridgehead atoms. The van der Waals surface area contributed by atoms with Crippen molar-refractivity contribution in [2.75, 3.05) is 13.2 Å². The van der Waals surface area contributed by atoms with Crippen LogP contribution in [0.5, 0.6) is 0 Å². The molecule has 17 heavy (non-hydrogen) atoms. The fourth-order valence-electron chi connectivity index (χ4n) is 3.00. The lowest BCUT2D eigenvalue weighted by Crippen LogP contribution is -2.52. The molecule has 0 radical (unpaired) electrons. The van der Waals surface area contributed by atoms with Gasteiger partial charge < -0.3 is 9.64 Å². The monoisotopic (exact) mass is 239 g/mol. The quantitative estimate of drug-likeness (QED) is 0.658. The van der Waals surface area contributed by atoms with Crippen molar-refractivity contribution in [1.29, 1.82) is 0 Å². The normalized spacial score (nSPS) is 32.2. The van der Waals surface area contributed by atoms with Crippen LogP contribution in [0, 0.1) is 5.92 Å². The highest BCUT2D eigenvalue weighted by Gasteiger charge is 2.33. The van der Waals surface area contributed by atoms with Gasteiger partial charge in [0.25, 0.3) is 0 Å². The molecule has 1 aliphatic carbocycles. The van der Waals surface area contributed by atoms with Crippen LogP contribution in [-0.2, 0) is 9.53 Å². The SMILES string of the molecule is CC1OCCN(C(=O)C2CCCCCC2)C1C. The van der Waals surface area contributed by atoms with E-state index in [0.717, 1.165) is 19.4 Å². The zero-order valence-corrected chi connectivity index (χ0v) is 11.2. The Hall–Kier alpha value is -0.570. The van der Waals surface area contributed by atoms with E-state index in [-0.39, 0.29) is 18.1 Å². The maximum absolute atomic E-state index is 12.5. The number of carbonyl (C=O) groups is 1. The van der Waals surface area contributed by atoms with Gasteiger partial charge in [-0.3, -0.25) is 4.79 Å². The highest BCUT2D eigenvalue weighted by molar-refractivity contribution is 5.79. The fraction of sp³-hybridized carbons (Fsp3) is 0.929. The van der Waals surface area contributed by atoms with Crippen LogP contribution < -0.4 is 0 Å². The van der Waals surface area contributed by atoms with Crippen LogP contribution in [0.4, 0.5) is 0 Å². The molecule has 0 aromatic carbocycles. The Morgan fingerprint density at radius 2 is 1.76 bits per heavy atom. The summed E-state index contributed by atoms with van der Waals surface area (Å²) in [5.41, 5.74) is 0. The third kappa shape index (κ3) is 3.01. The van der Waals surface area contributed by atoms with Crippen molar-refractivity contribution < 1.29 is 9.53 Å². The predicted octanol–water partition coefficient (Wildman–Crippen LogP) is 2.59. The Bertz CT molecular complexity index is 259. The molecule has 1 heterocycles. The molecule has 1 amide bonds. The molecule has 3 heteroatoms. The first-order valence-corrected chi connectivity index (χ1v) is 7.12. The van der Waals surface area contributed by atoms with E-state index in [9.17, 15) is 4.79 Å². The fourth-order valence-corrected chi connectivity index (χ4v) is 3.00. The molecule has 2 unspecified atom stereocenters. The smallest absolute Gasteiger partial charge is 0.226 e. The molecule has 1 aliphatic heterocycles. The zero-order valence-electron chi connectivity index (χ0n) is 11.2. The van der Waals surface area contributed by atoms with E-state index in [1.165, 1.54) is 25.7 Å². The number of carbonyl (C=O) groups excluding carboxylic acids is 1. The topological polar surface area (TPSA) is 29.5 Å². The van der Waals surface area contributed by atoms with Gasteiger partial charge in [-0.15, -0.1) is 0 Å². The minimum absolute atomic E-state index is 0.179. The standard InChI is InChI=1S/C14H25NO2/c1-11-12(2)17-10-9-15(11)14(16)13-7-5-3-4-6-8-13/h11-13H,3-10H2,1-2H3. The lowest BCUT2D eigenvalue weighted by atomic mass is 9.97. The molecule has 0 N–H and O–H groups in total. The second-order valence-electron chi connectivity index (χ2n) is 5.54. The van der Waals surface area contributed by atoms with Crippen molar-refractivity contribution in [3.63, 3.8) is 0 Å². The van der Waals surface area contributed by atoms with Gasteiger partial charge in [0.15, 0.2) is 0 Å². The highest BCUT2D eigenvalue weighted by Crippen LogP contribution is 2.26. The number of morpholine rings is 1. The summed E-state index contributed by atoms with van der Waals surface area (Å²) in [6, 6.07) is 0.236. The molecule has 98 valence electrons. The van der Waals surface area contributed by atoms with Gasteiger partial charge in [0.05, 0.1) is 18.8 Å². The average molecular weight is 239 g/mol. The molecule has 2 atom stereocenters. The van der Waals surface area contributed by atoms with Crippen LogP contribution in [0.15, 0.2) is 0 Å². The second kappa shape index (κ2) is 5.85. The van der Waals surface area contributed by atoms with Gasteiger partial charge in [0.2, 0.25) is 5.91 Å². The summed E-state index contributed by atoms with van der Waals surface area (Å²) in [4.78, 5) is 14.6. The van der Waals surface area contributed by atoms with Crippen molar-refractivity contribution in [2.24, 2.45) is 5.92 Å². The van der Waals surface area contributed by atoms with E-state index < -0.39 is 0 Å². The highest BCUT2D eigenvalue weighted by atomic mass is 16.5. The van der Waals surface area contributed by atoms with Crippen LogP contribution in [0.2, 0.25) is 0 Å².